The number of benzene rings is 1. The number of hydrogen-bond acceptors (Lipinski definition) is 8. The molecule has 2 heterocycles. The van der Waals surface area contributed by atoms with Crippen LogP contribution in [-0.4, -0.2) is 54.1 Å². The molecule has 1 aliphatic heterocycles. The number of carbonyl (C=O) groups excluding carboxylic acids is 2. The number of esters is 1. The lowest BCUT2D eigenvalue weighted by Crippen LogP contribution is -2.42. The van der Waals surface area contributed by atoms with Crippen LogP contribution in [-0.2, 0) is 19.4 Å². The molecule has 2 aromatic rings. The molecular formula is C16H17N3O6S. The van der Waals surface area contributed by atoms with Crippen molar-refractivity contribution in [3.8, 4) is 11.5 Å². The van der Waals surface area contributed by atoms with E-state index in [4.69, 9.17) is 9.15 Å². The van der Waals surface area contributed by atoms with Crippen LogP contribution in [0.4, 0.5) is 0 Å². The lowest BCUT2D eigenvalue weighted by molar-refractivity contribution is -0.129. The van der Waals surface area contributed by atoms with Gasteiger partial charge in [-0.05, 0) is 37.6 Å². The Morgan fingerprint density at radius 3 is 2.62 bits per heavy atom. The van der Waals surface area contributed by atoms with Gasteiger partial charge in [0.15, 0.2) is 15.9 Å². The highest BCUT2D eigenvalue weighted by atomic mass is 32.2. The van der Waals surface area contributed by atoms with Crippen LogP contribution in [0.15, 0.2) is 35.1 Å². The minimum absolute atomic E-state index is 0.0541. The van der Waals surface area contributed by atoms with Crippen LogP contribution in [0, 0.1) is 0 Å². The van der Waals surface area contributed by atoms with Crippen molar-refractivity contribution in [2.75, 3.05) is 11.5 Å². The number of ether oxygens (including phenoxy) is 1. The highest BCUT2D eigenvalue weighted by Gasteiger charge is 2.30. The average Bonchev–Trinajstić information content (AvgIpc) is 3.24. The summed E-state index contributed by atoms with van der Waals surface area (Å²) in [6.07, 6.45) is 0.528. The quantitative estimate of drug-likeness (QED) is 0.747. The third-order valence-corrected chi connectivity index (χ3v) is 5.73. The fourth-order valence-electron chi connectivity index (χ4n) is 2.56. The van der Waals surface area contributed by atoms with Crippen molar-refractivity contribution in [3.63, 3.8) is 0 Å². The zero-order valence-electron chi connectivity index (χ0n) is 13.9. The Balaban J connectivity index is 1.56. The van der Waals surface area contributed by atoms with E-state index >= 15 is 0 Å². The number of aromatic nitrogens is 2. The maximum absolute atomic E-state index is 12.1. The van der Waals surface area contributed by atoms with Gasteiger partial charge in [-0.15, -0.1) is 10.2 Å². The topological polar surface area (TPSA) is 128 Å². The van der Waals surface area contributed by atoms with Gasteiger partial charge in [-0.3, -0.25) is 4.79 Å². The van der Waals surface area contributed by atoms with Crippen LogP contribution in [0.5, 0.6) is 0 Å². The predicted octanol–water partition coefficient (Wildman–Crippen LogP) is 0.585. The third-order valence-electron chi connectivity index (χ3n) is 3.96. The lowest BCUT2D eigenvalue weighted by atomic mass is 10.1. The zero-order valence-corrected chi connectivity index (χ0v) is 14.7. The van der Waals surface area contributed by atoms with E-state index in [1.165, 1.54) is 25.5 Å². The highest BCUT2D eigenvalue weighted by molar-refractivity contribution is 7.91. The van der Waals surface area contributed by atoms with Gasteiger partial charge in [0.2, 0.25) is 12.3 Å². The Hall–Kier alpha value is -2.75. The van der Waals surface area contributed by atoms with Crippen LogP contribution in [0.1, 0.15) is 23.7 Å². The van der Waals surface area contributed by atoms with Crippen molar-refractivity contribution >= 4 is 21.7 Å². The van der Waals surface area contributed by atoms with E-state index in [0.717, 1.165) is 0 Å². The number of amides is 1. The van der Waals surface area contributed by atoms with Gasteiger partial charge < -0.3 is 14.5 Å². The molecule has 0 radical (unpaired) electrons. The van der Waals surface area contributed by atoms with Gasteiger partial charge in [0.1, 0.15) is 0 Å². The van der Waals surface area contributed by atoms with Crippen LogP contribution < -0.4 is 5.32 Å². The number of nitrogens with zero attached hydrogens (tertiary/aromatic N) is 2. The van der Waals surface area contributed by atoms with Gasteiger partial charge in [0.05, 0.1) is 17.1 Å². The Kier molecular flexibility index (Phi) is 5.03. The molecule has 1 saturated heterocycles. The molecule has 138 valence electrons. The van der Waals surface area contributed by atoms with Crippen molar-refractivity contribution in [2.45, 2.75) is 25.5 Å². The summed E-state index contributed by atoms with van der Waals surface area (Å²) in [5.41, 5.74) is 0.906. The van der Waals surface area contributed by atoms with E-state index in [2.05, 4.69) is 15.5 Å². The standard InChI is InChI=1S/C16H17N3O6S/c1-10(14(20)18-13-6-7-26(22,23)8-13)25-16(21)12-4-2-11(3-5-12)15-19-17-9-24-15/h2-5,9-10,13H,6-8H2,1H3,(H,18,20)/t10-,13-/m0/s1. The van der Waals surface area contributed by atoms with E-state index in [1.54, 1.807) is 12.1 Å². The predicted molar refractivity (Wildman–Crippen MR) is 89.8 cm³/mol. The van der Waals surface area contributed by atoms with Gasteiger partial charge in [-0.1, -0.05) is 0 Å². The molecule has 1 aromatic carbocycles. The second-order valence-electron chi connectivity index (χ2n) is 5.98. The first-order valence-electron chi connectivity index (χ1n) is 7.92. The Morgan fingerprint density at radius 1 is 1.31 bits per heavy atom. The normalized spacial score (nSPS) is 19.7. The summed E-state index contributed by atoms with van der Waals surface area (Å²) in [5.74, 6) is -0.898. The SMILES string of the molecule is C[C@H](OC(=O)c1ccc(-c2nnco2)cc1)C(=O)N[C@H]1CCS(=O)(=O)C1. The molecule has 2 atom stereocenters. The molecule has 0 bridgehead atoms. The van der Waals surface area contributed by atoms with Gasteiger partial charge in [0, 0.05) is 11.6 Å². The van der Waals surface area contributed by atoms with Crippen LogP contribution >= 0.6 is 0 Å². The van der Waals surface area contributed by atoms with E-state index in [-0.39, 0.29) is 17.1 Å². The molecule has 1 N–H and O–H groups in total. The summed E-state index contributed by atoms with van der Waals surface area (Å²) in [5, 5.41) is 9.93. The zero-order chi connectivity index (χ0) is 18.7. The molecule has 3 rings (SSSR count). The molecule has 1 aliphatic rings. The second kappa shape index (κ2) is 7.24. The molecule has 9 nitrogen and oxygen atoms in total. The van der Waals surface area contributed by atoms with Crippen molar-refractivity contribution in [2.24, 2.45) is 0 Å². The highest BCUT2D eigenvalue weighted by Crippen LogP contribution is 2.17. The maximum Gasteiger partial charge on any atom is 0.338 e. The minimum atomic E-state index is -3.10. The Morgan fingerprint density at radius 2 is 2.04 bits per heavy atom. The summed E-state index contributed by atoms with van der Waals surface area (Å²) in [6.45, 7) is 1.43. The largest absolute Gasteiger partial charge is 0.449 e. The molecule has 1 aromatic heterocycles. The molecule has 1 amide bonds. The smallest absolute Gasteiger partial charge is 0.338 e. The van der Waals surface area contributed by atoms with E-state index in [0.29, 0.717) is 17.9 Å². The minimum Gasteiger partial charge on any atom is -0.449 e. The first-order chi connectivity index (χ1) is 12.3. The second-order valence-corrected chi connectivity index (χ2v) is 8.21. The first kappa shape index (κ1) is 18.1. The average molecular weight is 379 g/mol. The third kappa shape index (κ3) is 4.26. The summed E-state index contributed by atoms with van der Waals surface area (Å²) < 4.78 is 33.0. The molecule has 1 fully saturated rings. The molecule has 26 heavy (non-hydrogen) atoms. The number of sulfone groups is 1. The molecule has 0 spiro atoms. The van der Waals surface area contributed by atoms with Crippen molar-refractivity contribution in [1.29, 1.82) is 0 Å². The number of rotatable bonds is 5. The number of carbonyl (C=O) groups is 2. The molecular weight excluding hydrogens is 362 g/mol. The summed E-state index contributed by atoms with van der Waals surface area (Å²) in [4.78, 5) is 24.2. The van der Waals surface area contributed by atoms with Gasteiger partial charge >= 0.3 is 5.97 Å². The fraction of sp³-hybridized carbons (Fsp3) is 0.375. The molecule has 0 aliphatic carbocycles. The first-order valence-corrected chi connectivity index (χ1v) is 9.74. The van der Waals surface area contributed by atoms with Crippen LogP contribution in [0.25, 0.3) is 11.5 Å². The monoisotopic (exact) mass is 379 g/mol. The summed E-state index contributed by atoms with van der Waals surface area (Å²) in [7, 11) is -3.10. The van der Waals surface area contributed by atoms with Gasteiger partial charge in [0.25, 0.3) is 5.91 Å². The Bertz CT molecular complexity index is 893. The van der Waals surface area contributed by atoms with Crippen molar-refractivity contribution in [3.05, 3.63) is 36.2 Å². The fourth-order valence-corrected chi connectivity index (χ4v) is 4.23. The molecule has 0 saturated carbocycles. The molecule has 0 unspecified atom stereocenters. The summed E-state index contributed by atoms with van der Waals surface area (Å²) >= 11 is 0. The van der Waals surface area contributed by atoms with E-state index in [1.807, 2.05) is 0 Å². The van der Waals surface area contributed by atoms with Gasteiger partial charge in [-0.25, -0.2) is 13.2 Å². The van der Waals surface area contributed by atoms with Gasteiger partial charge in [-0.2, -0.15) is 0 Å². The Labute approximate surface area is 149 Å². The van der Waals surface area contributed by atoms with E-state index in [9.17, 15) is 18.0 Å². The number of nitrogens with one attached hydrogen (secondary N) is 1. The molecule has 10 heteroatoms. The van der Waals surface area contributed by atoms with E-state index < -0.39 is 33.9 Å². The van der Waals surface area contributed by atoms with Crippen LogP contribution in [0.2, 0.25) is 0 Å². The summed E-state index contributed by atoms with van der Waals surface area (Å²) in [6, 6.07) is 5.85. The maximum atomic E-state index is 12.1. The van der Waals surface area contributed by atoms with Crippen molar-refractivity contribution in [1.82, 2.24) is 15.5 Å². The lowest BCUT2D eigenvalue weighted by Gasteiger charge is -2.16. The number of hydrogen-bond donors (Lipinski definition) is 1. The van der Waals surface area contributed by atoms with Crippen LogP contribution in [0.3, 0.4) is 0 Å². The van der Waals surface area contributed by atoms with Crippen molar-refractivity contribution < 1.29 is 27.2 Å².